The van der Waals surface area contributed by atoms with Crippen molar-refractivity contribution in [3.8, 4) is 11.8 Å². The fraction of sp³-hybridized carbons (Fsp3) is 0.684. The van der Waals surface area contributed by atoms with Crippen molar-refractivity contribution < 1.29 is 36.2 Å². The number of methoxy groups -OCH3 is 1. The molecule has 1 amide bonds. The molecule has 30 heavy (non-hydrogen) atoms. The average Bonchev–Trinajstić information content (AvgIpc) is 3.11. The highest BCUT2D eigenvalue weighted by molar-refractivity contribution is 5.82. The average molecular weight is 437 g/mol. The summed E-state index contributed by atoms with van der Waals surface area (Å²) < 4.78 is 77.0. The van der Waals surface area contributed by atoms with Crippen LogP contribution in [0.4, 0.5) is 22.0 Å². The minimum Gasteiger partial charge on any atom is -0.481 e. The van der Waals surface area contributed by atoms with Crippen LogP contribution >= 0.6 is 0 Å². The molecule has 2 atom stereocenters. The van der Waals surface area contributed by atoms with E-state index in [0.717, 1.165) is 25.5 Å². The number of hydrogen-bond acceptors (Lipinski definition) is 5. The van der Waals surface area contributed by atoms with Gasteiger partial charge in [-0.2, -0.15) is 22.5 Å². The molecule has 11 heteroatoms. The number of likely N-dealkylation sites (N-methyl/N-ethyl adjacent to an activating group) is 2. The van der Waals surface area contributed by atoms with Crippen LogP contribution < -0.4 is 9.47 Å². The molecule has 1 aliphatic heterocycles. The van der Waals surface area contributed by atoms with Gasteiger partial charge in [0, 0.05) is 19.0 Å². The second-order valence-corrected chi connectivity index (χ2v) is 7.82. The highest BCUT2D eigenvalue weighted by Crippen LogP contribution is 2.55. The van der Waals surface area contributed by atoms with Gasteiger partial charge in [-0.3, -0.25) is 9.69 Å². The third-order valence-electron chi connectivity index (χ3n) is 5.69. The van der Waals surface area contributed by atoms with Crippen LogP contribution in [0, 0.1) is 11.7 Å². The molecule has 2 aliphatic rings. The van der Waals surface area contributed by atoms with Crippen molar-refractivity contribution in [1.29, 1.82) is 0 Å². The van der Waals surface area contributed by atoms with E-state index in [1.807, 2.05) is 11.9 Å². The van der Waals surface area contributed by atoms with Crippen molar-refractivity contribution in [2.45, 2.75) is 43.7 Å². The monoisotopic (exact) mass is 437 g/mol. The number of carbonyl (C=O) groups excluding carboxylic acids is 1. The topological polar surface area (TPSA) is 54.9 Å². The molecule has 1 aromatic heterocycles. The molecule has 0 bridgehead atoms. The first kappa shape index (κ1) is 22.5. The fourth-order valence-corrected chi connectivity index (χ4v) is 3.78. The molecule has 1 aliphatic carbocycles. The van der Waals surface area contributed by atoms with Crippen molar-refractivity contribution in [3.05, 3.63) is 17.4 Å². The molecule has 2 fully saturated rings. The molecule has 0 radical (unpaired) electrons. The van der Waals surface area contributed by atoms with E-state index in [-0.39, 0.29) is 29.9 Å². The molecular weight excluding hydrogens is 413 g/mol. The molecule has 0 aromatic carbocycles. The van der Waals surface area contributed by atoms with Crippen molar-refractivity contribution in [2.24, 2.45) is 5.92 Å². The van der Waals surface area contributed by atoms with Crippen LogP contribution in [-0.2, 0) is 11.3 Å². The van der Waals surface area contributed by atoms with Crippen LogP contribution in [0.25, 0.3) is 0 Å². The molecule has 6 nitrogen and oxygen atoms in total. The summed E-state index contributed by atoms with van der Waals surface area (Å²) in [7, 11) is 4.72. The second-order valence-electron chi connectivity index (χ2n) is 7.82. The smallest absolute Gasteiger partial charge is 0.316 e. The molecule has 1 unspecified atom stereocenters. The van der Waals surface area contributed by atoms with Gasteiger partial charge in [-0.1, -0.05) is 0 Å². The summed E-state index contributed by atoms with van der Waals surface area (Å²) in [6.07, 6.45) is 0.610. The highest BCUT2D eigenvalue weighted by atomic mass is 19.3. The van der Waals surface area contributed by atoms with E-state index in [2.05, 4.69) is 4.98 Å². The number of aromatic nitrogens is 1. The van der Waals surface area contributed by atoms with Gasteiger partial charge in [0.05, 0.1) is 32.2 Å². The molecule has 1 saturated heterocycles. The molecule has 1 saturated carbocycles. The van der Waals surface area contributed by atoms with Gasteiger partial charge in [-0.25, -0.2) is 4.39 Å². The molecule has 168 valence electrons. The Morgan fingerprint density at radius 3 is 2.57 bits per heavy atom. The lowest BCUT2D eigenvalue weighted by molar-refractivity contribution is -0.317. The van der Waals surface area contributed by atoms with Gasteiger partial charge >= 0.3 is 11.8 Å². The second kappa shape index (κ2) is 8.16. The number of pyridine rings is 1. The van der Waals surface area contributed by atoms with E-state index in [1.165, 1.54) is 12.0 Å². The van der Waals surface area contributed by atoms with Crippen LogP contribution in [0.15, 0.2) is 6.07 Å². The first-order valence-electron chi connectivity index (χ1n) is 9.55. The number of nitrogens with zero attached hydrogens (tertiary/aromatic N) is 3. The number of carbonyl (C=O) groups is 1. The van der Waals surface area contributed by atoms with Crippen LogP contribution in [0.2, 0.25) is 0 Å². The summed E-state index contributed by atoms with van der Waals surface area (Å²) in [4.78, 5) is 19.8. The molecule has 0 spiro atoms. The van der Waals surface area contributed by atoms with E-state index in [1.54, 1.807) is 7.05 Å². The Labute approximate surface area is 170 Å². The van der Waals surface area contributed by atoms with Crippen molar-refractivity contribution in [1.82, 2.24) is 14.8 Å². The van der Waals surface area contributed by atoms with E-state index < -0.39 is 42.5 Å². The summed E-state index contributed by atoms with van der Waals surface area (Å²) in [6.45, 7) is 0.0344. The van der Waals surface area contributed by atoms with E-state index in [9.17, 15) is 26.7 Å². The lowest BCUT2D eigenvalue weighted by Gasteiger charge is -2.43. The SMILES string of the molecule is COc1nc(OCC2CC(F)(F)C2(F)F)c(F)cc1CN(C)C(=O)[C@@H]1CCCN1C. The molecule has 0 N–H and O–H groups in total. The third kappa shape index (κ3) is 4.03. The molecule has 1 aromatic rings. The maximum atomic E-state index is 14.4. The predicted molar refractivity (Wildman–Crippen MR) is 96.4 cm³/mol. The van der Waals surface area contributed by atoms with Crippen LogP contribution in [0.1, 0.15) is 24.8 Å². The Balaban J connectivity index is 1.67. The Kier molecular flexibility index (Phi) is 6.13. The van der Waals surface area contributed by atoms with Gasteiger partial charge in [-0.15, -0.1) is 0 Å². The number of alkyl halides is 4. The summed E-state index contributed by atoms with van der Waals surface area (Å²) >= 11 is 0. The molecule has 2 heterocycles. The van der Waals surface area contributed by atoms with Gasteiger partial charge in [0.25, 0.3) is 5.88 Å². The summed E-state index contributed by atoms with van der Waals surface area (Å²) in [5.74, 6) is -11.8. The number of rotatable bonds is 7. The van der Waals surface area contributed by atoms with Crippen molar-refractivity contribution in [3.63, 3.8) is 0 Å². The normalized spacial score (nSPS) is 24.9. The maximum absolute atomic E-state index is 14.4. The lowest BCUT2D eigenvalue weighted by atomic mass is 9.77. The number of likely N-dealkylation sites (tertiary alicyclic amines) is 1. The first-order valence-corrected chi connectivity index (χ1v) is 9.55. The highest BCUT2D eigenvalue weighted by Gasteiger charge is 2.71. The lowest BCUT2D eigenvalue weighted by Crippen LogP contribution is -2.60. The minimum absolute atomic E-state index is 0.0173. The Bertz CT molecular complexity index is 808. The number of halogens is 5. The van der Waals surface area contributed by atoms with Gasteiger partial charge in [0.1, 0.15) is 0 Å². The minimum atomic E-state index is -4.20. The molecule has 3 rings (SSSR count). The van der Waals surface area contributed by atoms with Crippen LogP contribution in [0.5, 0.6) is 11.8 Å². The van der Waals surface area contributed by atoms with E-state index in [0.29, 0.717) is 0 Å². The number of ether oxygens (including phenoxy) is 2. The van der Waals surface area contributed by atoms with Gasteiger partial charge in [-0.05, 0) is 32.5 Å². The van der Waals surface area contributed by atoms with Crippen LogP contribution in [0.3, 0.4) is 0 Å². The molecular formula is C19H24F5N3O3. The van der Waals surface area contributed by atoms with Gasteiger partial charge in [0.15, 0.2) is 5.82 Å². The Hall–Kier alpha value is -2.17. The van der Waals surface area contributed by atoms with E-state index >= 15 is 0 Å². The van der Waals surface area contributed by atoms with Gasteiger partial charge in [0.2, 0.25) is 11.8 Å². The Morgan fingerprint density at radius 2 is 2.03 bits per heavy atom. The first-order chi connectivity index (χ1) is 14.0. The summed E-state index contributed by atoms with van der Waals surface area (Å²) in [5, 5.41) is 0. The van der Waals surface area contributed by atoms with Gasteiger partial charge < -0.3 is 14.4 Å². The standard InChI is InChI=1S/C19H24F5N3O3/c1-26-6-4-5-14(26)17(28)27(2)9-11-7-13(20)16(25-15(11)29-3)30-10-12-8-18(21,22)19(12,23)24/h7,12,14H,4-6,8-10H2,1-3H3/t12?,14-/m0/s1. The number of amides is 1. The quantitative estimate of drug-likeness (QED) is 0.614. The zero-order valence-electron chi connectivity index (χ0n) is 16.9. The Morgan fingerprint density at radius 1 is 1.33 bits per heavy atom. The summed E-state index contributed by atoms with van der Waals surface area (Å²) in [6, 6.07) is 0.792. The third-order valence-corrected chi connectivity index (χ3v) is 5.69. The zero-order valence-corrected chi connectivity index (χ0v) is 16.9. The zero-order chi connectivity index (χ0) is 22.3. The fourth-order valence-electron chi connectivity index (χ4n) is 3.78. The maximum Gasteiger partial charge on any atom is 0.316 e. The van der Waals surface area contributed by atoms with E-state index in [4.69, 9.17) is 9.47 Å². The van der Waals surface area contributed by atoms with Crippen LogP contribution in [-0.4, -0.2) is 72.9 Å². The van der Waals surface area contributed by atoms with Crippen molar-refractivity contribution >= 4 is 5.91 Å². The number of hydrogen-bond donors (Lipinski definition) is 0. The predicted octanol–water partition coefficient (Wildman–Crippen LogP) is 2.95. The largest absolute Gasteiger partial charge is 0.481 e. The summed E-state index contributed by atoms with van der Waals surface area (Å²) in [5.41, 5.74) is 0.263. The van der Waals surface area contributed by atoms with Crippen molar-refractivity contribution in [2.75, 3.05) is 34.4 Å².